The number of rotatable bonds is 3. The highest BCUT2D eigenvalue weighted by molar-refractivity contribution is 6.42. The van der Waals surface area contributed by atoms with E-state index in [0.717, 1.165) is 24.2 Å². The van der Waals surface area contributed by atoms with Gasteiger partial charge in [0.1, 0.15) is 11.9 Å². The Bertz CT molecular complexity index is 773. The number of halogens is 2. The predicted octanol–water partition coefficient (Wildman–Crippen LogP) is 4.07. The van der Waals surface area contributed by atoms with Crippen molar-refractivity contribution in [3.63, 3.8) is 0 Å². The van der Waals surface area contributed by atoms with Crippen molar-refractivity contribution in [2.45, 2.75) is 24.9 Å². The number of morpholine rings is 1. The van der Waals surface area contributed by atoms with E-state index in [2.05, 4.69) is 4.98 Å². The molecule has 2 aromatic rings. The summed E-state index contributed by atoms with van der Waals surface area (Å²) in [5, 5.41) is 0.981. The van der Waals surface area contributed by atoms with Crippen LogP contribution < -0.4 is 0 Å². The van der Waals surface area contributed by atoms with E-state index in [4.69, 9.17) is 32.4 Å². The Labute approximate surface area is 149 Å². The average molecular weight is 367 g/mol. The Hall–Kier alpha value is -1.56. The van der Waals surface area contributed by atoms with Gasteiger partial charge in [-0.3, -0.25) is 4.79 Å². The molecular weight excluding hydrogens is 351 g/mol. The monoisotopic (exact) mass is 366 g/mol. The van der Waals surface area contributed by atoms with E-state index >= 15 is 0 Å². The van der Waals surface area contributed by atoms with E-state index in [1.807, 2.05) is 6.07 Å². The fraction of sp³-hybridized carbons (Fsp3) is 0.412. The van der Waals surface area contributed by atoms with Crippen LogP contribution in [0.25, 0.3) is 0 Å². The third-order valence-electron chi connectivity index (χ3n) is 4.41. The van der Waals surface area contributed by atoms with Crippen molar-refractivity contribution in [1.29, 1.82) is 0 Å². The first-order chi connectivity index (χ1) is 11.6. The molecular formula is C17H16Cl2N2O3. The second-order valence-corrected chi connectivity index (χ2v) is 6.94. The van der Waals surface area contributed by atoms with Gasteiger partial charge >= 0.3 is 0 Å². The zero-order valence-corrected chi connectivity index (χ0v) is 14.4. The van der Waals surface area contributed by atoms with E-state index in [-0.39, 0.29) is 12.0 Å². The number of carbonyl (C=O) groups excluding carboxylic acids is 1. The summed E-state index contributed by atoms with van der Waals surface area (Å²) in [5.74, 6) is 0.968. The smallest absolute Gasteiger partial charge is 0.276 e. The summed E-state index contributed by atoms with van der Waals surface area (Å²) in [6.07, 6.45) is 3.25. The van der Waals surface area contributed by atoms with Crippen molar-refractivity contribution in [3.05, 3.63) is 51.7 Å². The highest BCUT2D eigenvalue weighted by atomic mass is 35.5. The van der Waals surface area contributed by atoms with Crippen LogP contribution in [0.2, 0.25) is 10.0 Å². The van der Waals surface area contributed by atoms with Gasteiger partial charge in [0.25, 0.3) is 5.91 Å². The Morgan fingerprint density at radius 3 is 2.83 bits per heavy atom. The first-order valence-corrected chi connectivity index (χ1v) is 8.68. The molecule has 5 nitrogen and oxygen atoms in total. The molecule has 1 aliphatic heterocycles. The number of benzene rings is 1. The van der Waals surface area contributed by atoms with Crippen LogP contribution in [0.4, 0.5) is 0 Å². The molecule has 1 saturated heterocycles. The van der Waals surface area contributed by atoms with Gasteiger partial charge in [0, 0.05) is 12.5 Å². The van der Waals surface area contributed by atoms with E-state index in [0.29, 0.717) is 41.4 Å². The van der Waals surface area contributed by atoms with Crippen LogP contribution in [0.3, 0.4) is 0 Å². The molecule has 24 heavy (non-hydrogen) atoms. The summed E-state index contributed by atoms with van der Waals surface area (Å²) in [7, 11) is 0. The number of hydrogen-bond acceptors (Lipinski definition) is 4. The summed E-state index contributed by atoms with van der Waals surface area (Å²) in [5.41, 5.74) is 1.34. The van der Waals surface area contributed by atoms with Gasteiger partial charge in [-0.25, -0.2) is 4.98 Å². The molecule has 1 atom stereocenters. The number of carbonyl (C=O) groups is 1. The highest BCUT2D eigenvalue weighted by Crippen LogP contribution is 2.41. The summed E-state index contributed by atoms with van der Waals surface area (Å²) in [6, 6.07) is 5.40. The minimum atomic E-state index is -0.228. The van der Waals surface area contributed by atoms with Crippen molar-refractivity contribution in [2.24, 2.45) is 0 Å². The maximum absolute atomic E-state index is 12.8. The lowest BCUT2D eigenvalue weighted by Gasteiger charge is -2.33. The largest absolute Gasteiger partial charge is 0.447 e. The van der Waals surface area contributed by atoms with Crippen LogP contribution in [0.1, 0.15) is 46.7 Å². The second-order valence-electron chi connectivity index (χ2n) is 6.12. The maximum atomic E-state index is 12.8. The predicted molar refractivity (Wildman–Crippen MR) is 89.5 cm³/mol. The molecule has 0 spiro atoms. The van der Waals surface area contributed by atoms with Crippen molar-refractivity contribution >= 4 is 29.1 Å². The van der Waals surface area contributed by atoms with Crippen LogP contribution in [-0.2, 0) is 4.74 Å². The maximum Gasteiger partial charge on any atom is 0.276 e. The molecule has 7 heteroatoms. The Morgan fingerprint density at radius 1 is 1.25 bits per heavy atom. The Kier molecular flexibility index (Phi) is 4.24. The van der Waals surface area contributed by atoms with Gasteiger partial charge in [0.2, 0.25) is 0 Å². The number of hydrogen-bond donors (Lipinski definition) is 0. The average Bonchev–Trinajstić information content (AvgIpc) is 3.33. The van der Waals surface area contributed by atoms with Crippen molar-refractivity contribution < 1.29 is 13.9 Å². The van der Waals surface area contributed by atoms with Crippen molar-refractivity contribution in [3.8, 4) is 0 Å². The molecule has 2 heterocycles. The fourth-order valence-electron chi connectivity index (χ4n) is 2.95. The van der Waals surface area contributed by atoms with E-state index in [1.54, 1.807) is 17.0 Å². The van der Waals surface area contributed by atoms with Crippen LogP contribution in [0.15, 0.2) is 29.0 Å². The van der Waals surface area contributed by atoms with Crippen molar-refractivity contribution in [1.82, 2.24) is 9.88 Å². The standard InChI is InChI=1S/C17H16Cl2N2O3/c18-12-4-3-11(7-13(12)19)14-8-21(5-6-23-14)17(22)15-16(10-1-2-10)24-9-20-15/h3-4,7,9-10,14H,1-2,5-6,8H2/t14-/m1/s1. The van der Waals surface area contributed by atoms with Crippen LogP contribution in [0, 0.1) is 0 Å². The molecule has 126 valence electrons. The van der Waals surface area contributed by atoms with Crippen LogP contribution >= 0.6 is 23.2 Å². The molecule has 1 amide bonds. The van der Waals surface area contributed by atoms with Crippen LogP contribution in [0.5, 0.6) is 0 Å². The number of nitrogens with zero attached hydrogens (tertiary/aromatic N) is 2. The molecule has 0 bridgehead atoms. The second kappa shape index (κ2) is 6.39. The lowest BCUT2D eigenvalue weighted by Crippen LogP contribution is -2.42. The zero-order chi connectivity index (χ0) is 16.7. The topological polar surface area (TPSA) is 55.6 Å². The van der Waals surface area contributed by atoms with Gasteiger partial charge in [0.15, 0.2) is 12.1 Å². The molecule has 0 N–H and O–H groups in total. The highest BCUT2D eigenvalue weighted by Gasteiger charge is 2.35. The summed E-state index contributed by atoms with van der Waals surface area (Å²) in [6.45, 7) is 1.45. The molecule has 2 fully saturated rings. The lowest BCUT2D eigenvalue weighted by molar-refractivity contribution is -0.0230. The molecule has 4 rings (SSSR count). The Morgan fingerprint density at radius 2 is 2.08 bits per heavy atom. The molecule has 1 aromatic carbocycles. The van der Waals surface area contributed by atoms with Gasteiger partial charge in [-0.05, 0) is 30.5 Å². The summed E-state index contributed by atoms with van der Waals surface area (Å²) < 4.78 is 11.2. The summed E-state index contributed by atoms with van der Waals surface area (Å²) in [4.78, 5) is 18.7. The Balaban J connectivity index is 1.52. The number of aromatic nitrogens is 1. The number of oxazole rings is 1. The normalized spacial score (nSPS) is 21.1. The molecule has 0 unspecified atom stereocenters. The minimum Gasteiger partial charge on any atom is -0.447 e. The van der Waals surface area contributed by atoms with Gasteiger partial charge in [0.05, 0.1) is 23.2 Å². The van der Waals surface area contributed by atoms with Crippen molar-refractivity contribution in [2.75, 3.05) is 19.7 Å². The molecule has 2 aliphatic rings. The molecule has 1 saturated carbocycles. The first kappa shape index (κ1) is 15.9. The van der Waals surface area contributed by atoms with E-state index in [1.165, 1.54) is 6.39 Å². The molecule has 0 radical (unpaired) electrons. The van der Waals surface area contributed by atoms with Crippen LogP contribution in [-0.4, -0.2) is 35.5 Å². The van der Waals surface area contributed by atoms with Gasteiger partial charge in [-0.1, -0.05) is 29.3 Å². The van der Waals surface area contributed by atoms with E-state index < -0.39 is 0 Å². The number of amides is 1. The summed E-state index contributed by atoms with van der Waals surface area (Å²) >= 11 is 12.0. The van der Waals surface area contributed by atoms with E-state index in [9.17, 15) is 4.79 Å². The molecule has 1 aliphatic carbocycles. The third kappa shape index (κ3) is 3.04. The van der Waals surface area contributed by atoms with Gasteiger partial charge < -0.3 is 14.1 Å². The van der Waals surface area contributed by atoms with Gasteiger partial charge in [-0.2, -0.15) is 0 Å². The first-order valence-electron chi connectivity index (χ1n) is 7.92. The quantitative estimate of drug-likeness (QED) is 0.821. The number of ether oxygens (including phenoxy) is 1. The fourth-order valence-corrected chi connectivity index (χ4v) is 3.26. The third-order valence-corrected chi connectivity index (χ3v) is 5.15. The lowest BCUT2D eigenvalue weighted by atomic mass is 10.1. The minimum absolute atomic E-state index is 0.0981. The van der Waals surface area contributed by atoms with Gasteiger partial charge in [-0.15, -0.1) is 0 Å². The SMILES string of the molecule is O=C(c1ncoc1C1CC1)N1CCO[C@@H](c2ccc(Cl)c(Cl)c2)C1. The molecule has 1 aromatic heterocycles. The zero-order valence-electron chi connectivity index (χ0n) is 12.9.